The van der Waals surface area contributed by atoms with Crippen molar-refractivity contribution < 1.29 is 23.4 Å². The summed E-state index contributed by atoms with van der Waals surface area (Å²) in [4.78, 5) is 13.2. The fourth-order valence-electron chi connectivity index (χ4n) is 4.09. The molecule has 0 fully saturated rings. The van der Waals surface area contributed by atoms with Crippen LogP contribution in [-0.4, -0.2) is 41.9 Å². The van der Waals surface area contributed by atoms with Gasteiger partial charge in [0.05, 0.1) is 26.9 Å². The number of rotatable bonds is 8. The minimum atomic E-state index is -0.460. The van der Waals surface area contributed by atoms with Gasteiger partial charge in [0.1, 0.15) is 0 Å². The van der Waals surface area contributed by atoms with Crippen LogP contribution in [-0.2, 0) is 6.54 Å². The number of nitrogens with zero attached hydrogens (tertiary/aromatic N) is 3. The fraction of sp³-hybridized carbons (Fsp3) is 0.148. The number of hydrogen-bond acceptors (Lipinski definition) is 7. The maximum Gasteiger partial charge on any atom is 0.289 e. The minimum absolute atomic E-state index is 0.145. The van der Waals surface area contributed by atoms with Crippen LogP contribution in [0.3, 0.4) is 0 Å². The van der Waals surface area contributed by atoms with Gasteiger partial charge < -0.3 is 23.2 Å². The fourth-order valence-corrected chi connectivity index (χ4v) is 4.22. The number of ether oxygens (including phenoxy) is 3. The third kappa shape index (κ3) is 4.27. The number of ketones is 1. The van der Waals surface area contributed by atoms with Crippen molar-refractivity contribution in [3.8, 4) is 28.7 Å². The molecule has 0 unspecified atom stereocenters. The third-order valence-electron chi connectivity index (χ3n) is 5.83. The average Bonchev–Trinajstić information content (AvgIpc) is 3.54. The van der Waals surface area contributed by atoms with Crippen molar-refractivity contribution in [3.05, 3.63) is 88.9 Å². The molecule has 0 aliphatic carbocycles. The molecule has 0 saturated heterocycles. The van der Waals surface area contributed by atoms with Gasteiger partial charge in [-0.05, 0) is 35.9 Å². The van der Waals surface area contributed by atoms with E-state index in [1.165, 1.54) is 21.3 Å². The summed E-state index contributed by atoms with van der Waals surface area (Å²) in [6, 6.07) is 18.7. The van der Waals surface area contributed by atoms with Gasteiger partial charge in [-0.2, -0.15) is 0 Å². The molecule has 0 atom stereocenters. The first kappa shape index (κ1) is 23.4. The van der Waals surface area contributed by atoms with Crippen LogP contribution in [0, 0.1) is 0 Å². The van der Waals surface area contributed by atoms with Crippen molar-refractivity contribution in [2.45, 2.75) is 6.54 Å². The Balaban J connectivity index is 1.51. The molecule has 0 bridgehead atoms. The highest BCUT2D eigenvalue weighted by atomic mass is 35.5. The van der Waals surface area contributed by atoms with Gasteiger partial charge in [-0.25, -0.2) is 0 Å². The summed E-state index contributed by atoms with van der Waals surface area (Å²) in [7, 11) is 4.46. The van der Waals surface area contributed by atoms with Crippen molar-refractivity contribution in [1.29, 1.82) is 0 Å². The Morgan fingerprint density at radius 2 is 1.64 bits per heavy atom. The van der Waals surface area contributed by atoms with E-state index < -0.39 is 5.78 Å². The number of carbonyl (C=O) groups excluding carboxylic acids is 1. The molecule has 0 amide bonds. The van der Waals surface area contributed by atoms with E-state index in [9.17, 15) is 4.79 Å². The summed E-state index contributed by atoms with van der Waals surface area (Å²) in [5.41, 5.74) is 3.09. The van der Waals surface area contributed by atoms with Crippen molar-refractivity contribution in [3.63, 3.8) is 0 Å². The zero-order valence-corrected chi connectivity index (χ0v) is 20.6. The number of para-hydroxylation sites is 1. The Morgan fingerprint density at radius 3 is 2.31 bits per heavy atom. The molecule has 8 nitrogen and oxygen atoms in total. The Morgan fingerprint density at radius 1 is 0.944 bits per heavy atom. The van der Waals surface area contributed by atoms with Crippen LogP contribution in [0.4, 0.5) is 0 Å². The van der Waals surface area contributed by atoms with Gasteiger partial charge in [0.15, 0.2) is 11.5 Å². The van der Waals surface area contributed by atoms with E-state index in [4.69, 9.17) is 30.2 Å². The molecule has 0 aliphatic heterocycles. The maximum atomic E-state index is 13.2. The first-order chi connectivity index (χ1) is 17.5. The molecule has 0 aliphatic rings. The average molecular weight is 504 g/mol. The summed E-state index contributed by atoms with van der Waals surface area (Å²) < 4.78 is 24.0. The zero-order chi connectivity index (χ0) is 25.2. The van der Waals surface area contributed by atoms with E-state index >= 15 is 0 Å². The second-order valence-corrected chi connectivity index (χ2v) is 8.41. The molecule has 3 aromatic carbocycles. The predicted molar refractivity (Wildman–Crippen MR) is 135 cm³/mol. The maximum absolute atomic E-state index is 13.2. The number of hydrogen-bond donors (Lipinski definition) is 0. The highest BCUT2D eigenvalue weighted by molar-refractivity contribution is 6.30. The zero-order valence-electron chi connectivity index (χ0n) is 19.8. The van der Waals surface area contributed by atoms with Crippen LogP contribution in [0.5, 0.6) is 17.2 Å². The van der Waals surface area contributed by atoms with Gasteiger partial charge in [-0.1, -0.05) is 41.9 Å². The molecular weight excluding hydrogens is 482 g/mol. The monoisotopic (exact) mass is 503 g/mol. The van der Waals surface area contributed by atoms with Crippen molar-refractivity contribution in [2.24, 2.45) is 0 Å². The van der Waals surface area contributed by atoms with Crippen LogP contribution in [0.25, 0.3) is 22.4 Å². The number of carbonyl (C=O) groups is 1. The second-order valence-electron chi connectivity index (χ2n) is 7.97. The van der Waals surface area contributed by atoms with E-state index in [1.807, 2.05) is 54.7 Å². The number of methoxy groups -OCH3 is 3. The molecule has 9 heteroatoms. The van der Waals surface area contributed by atoms with Gasteiger partial charge in [0.25, 0.3) is 5.89 Å². The van der Waals surface area contributed by atoms with Gasteiger partial charge in [0, 0.05) is 34.2 Å². The van der Waals surface area contributed by atoms with E-state index in [-0.39, 0.29) is 17.3 Å². The molecule has 5 rings (SSSR count). The predicted octanol–water partition coefficient (Wildman–Crippen LogP) is 5.65. The minimum Gasteiger partial charge on any atom is -0.493 e. The molecular formula is C27H22ClN3O5. The lowest BCUT2D eigenvalue weighted by atomic mass is 10.1. The highest BCUT2D eigenvalue weighted by Gasteiger charge is 2.24. The molecule has 182 valence electrons. The SMILES string of the molecule is COc1cc(C(=O)c2nnc(-c3cn(Cc4ccc(Cl)cc4)c4ccccc34)o2)cc(OC)c1OC. The number of halogens is 1. The topological polar surface area (TPSA) is 88.6 Å². The molecule has 36 heavy (non-hydrogen) atoms. The van der Waals surface area contributed by atoms with Crippen molar-refractivity contribution >= 4 is 28.3 Å². The summed E-state index contributed by atoms with van der Waals surface area (Å²) in [6.45, 7) is 0.628. The molecule has 5 aromatic rings. The molecule has 0 spiro atoms. The van der Waals surface area contributed by atoms with Crippen LogP contribution in [0.2, 0.25) is 5.02 Å². The number of aromatic nitrogens is 3. The summed E-state index contributed by atoms with van der Waals surface area (Å²) in [5, 5.41) is 9.83. The van der Waals surface area contributed by atoms with Crippen molar-refractivity contribution in [2.75, 3.05) is 21.3 Å². The van der Waals surface area contributed by atoms with Gasteiger partial charge in [-0.15, -0.1) is 10.2 Å². The number of fused-ring (bicyclic) bond motifs is 1. The van der Waals surface area contributed by atoms with Gasteiger partial charge >= 0.3 is 0 Å². The second kappa shape index (κ2) is 9.75. The molecule has 2 aromatic heterocycles. The smallest absolute Gasteiger partial charge is 0.289 e. The molecule has 0 N–H and O–H groups in total. The highest BCUT2D eigenvalue weighted by Crippen LogP contribution is 2.39. The summed E-state index contributed by atoms with van der Waals surface area (Å²) in [5.74, 6) is 0.732. The van der Waals surface area contributed by atoms with Gasteiger partial charge in [0.2, 0.25) is 17.4 Å². The molecule has 0 saturated carbocycles. The summed E-state index contributed by atoms with van der Waals surface area (Å²) in [6.07, 6.45) is 1.94. The third-order valence-corrected chi connectivity index (χ3v) is 6.08. The summed E-state index contributed by atoms with van der Waals surface area (Å²) >= 11 is 6.03. The van der Waals surface area contributed by atoms with E-state index in [0.717, 1.165) is 22.0 Å². The molecule has 2 heterocycles. The first-order valence-electron chi connectivity index (χ1n) is 11.0. The Bertz CT molecular complexity index is 1530. The van der Waals surface area contributed by atoms with Crippen LogP contribution < -0.4 is 14.2 Å². The Kier molecular flexibility index (Phi) is 6.35. The Labute approximate surface area is 212 Å². The van der Waals surface area contributed by atoms with E-state index in [1.54, 1.807) is 12.1 Å². The lowest BCUT2D eigenvalue weighted by Crippen LogP contribution is -2.04. The largest absolute Gasteiger partial charge is 0.493 e. The first-order valence-corrected chi connectivity index (χ1v) is 11.4. The van der Waals surface area contributed by atoms with Crippen LogP contribution >= 0.6 is 11.6 Å². The van der Waals surface area contributed by atoms with Gasteiger partial charge in [-0.3, -0.25) is 4.79 Å². The molecule has 0 radical (unpaired) electrons. The number of benzene rings is 3. The van der Waals surface area contributed by atoms with Crippen molar-refractivity contribution in [1.82, 2.24) is 14.8 Å². The standard InChI is InChI=1S/C27H22ClN3O5/c1-33-22-12-17(13-23(34-2)25(22)35-3)24(32)27-30-29-26(36-27)20-15-31(21-7-5-4-6-19(20)21)14-16-8-10-18(28)11-9-16/h4-13,15H,14H2,1-3H3. The Hall–Kier alpha value is -4.30. The normalized spacial score (nSPS) is 11.0. The lowest BCUT2D eigenvalue weighted by molar-refractivity contribution is 0.100. The lowest BCUT2D eigenvalue weighted by Gasteiger charge is -2.13. The van der Waals surface area contributed by atoms with E-state index in [0.29, 0.717) is 28.8 Å². The van der Waals surface area contributed by atoms with E-state index in [2.05, 4.69) is 14.8 Å². The quantitative estimate of drug-likeness (QED) is 0.253. The van der Waals surface area contributed by atoms with Crippen LogP contribution in [0.1, 0.15) is 21.8 Å². The van der Waals surface area contributed by atoms with Crippen LogP contribution in [0.15, 0.2) is 71.3 Å².